The number of hydrogen-bond acceptors (Lipinski definition) is 6. The molecule has 0 amide bonds. The van der Waals surface area contributed by atoms with Gasteiger partial charge in [-0.2, -0.15) is 0 Å². The van der Waals surface area contributed by atoms with E-state index in [1.165, 1.54) is 24.3 Å². The van der Waals surface area contributed by atoms with E-state index in [4.69, 9.17) is 19.7 Å². The summed E-state index contributed by atoms with van der Waals surface area (Å²) in [7, 11) is 0. The van der Waals surface area contributed by atoms with Gasteiger partial charge in [0.1, 0.15) is 18.0 Å². The van der Waals surface area contributed by atoms with Gasteiger partial charge >= 0.3 is 5.97 Å². The maximum atomic E-state index is 10.7. The van der Waals surface area contributed by atoms with E-state index in [-0.39, 0.29) is 12.0 Å². The average Bonchev–Trinajstić information content (AvgIpc) is 2.43. The summed E-state index contributed by atoms with van der Waals surface area (Å²) in [4.78, 5) is 10.7. The number of carboxylic acids is 1. The normalized spacial score (nSPS) is 29.9. The predicted octanol–water partition coefficient (Wildman–Crippen LogP) is -0.407. The molecule has 0 bridgehead atoms. The molecule has 0 saturated carbocycles. The number of aromatic carboxylic acids is 1. The van der Waals surface area contributed by atoms with E-state index in [1.807, 2.05) is 0 Å². The molecule has 4 N–H and O–H groups in total. The third-order valence-corrected chi connectivity index (χ3v) is 3.08. The summed E-state index contributed by atoms with van der Waals surface area (Å²) in [5, 5.41) is 37.0. The standard InChI is InChI=1S/C13H16O7/c14-6-10-12(16)9(15)5-11(20-10)19-8-3-1-7(2-4-8)13(17)18/h1-4,9-12,14-16H,5-6H2,(H,17,18). The Labute approximate surface area is 115 Å². The Balaban J connectivity index is 2.00. The molecule has 4 unspecified atom stereocenters. The van der Waals surface area contributed by atoms with Crippen LogP contribution in [0.3, 0.4) is 0 Å². The highest BCUT2D eigenvalue weighted by Gasteiger charge is 2.37. The molecule has 1 aliphatic rings. The molecule has 1 aromatic carbocycles. The third-order valence-electron chi connectivity index (χ3n) is 3.08. The molecule has 1 fully saturated rings. The van der Waals surface area contributed by atoms with Crippen LogP contribution in [0.25, 0.3) is 0 Å². The lowest BCUT2D eigenvalue weighted by Gasteiger charge is -2.36. The molecule has 0 aliphatic carbocycles. The lowest BCUT2D eigenvalue weighted by Crippen LogP contribution is -2.51. The predicted molar refractivity (Wildman–Crippen MR) is 66.4 cm³/mol. The van der Waals surface area contributed by atoms with Gasteiger partial charge < -0.3 is 29.9 Å². The van der Waals surface area contributed by atoms with Gasteiger partial charge in [-0.25, -0.2) is 4.79 Å². The number of ether oxygens (including phenoxy) is 2. The molecule has 0 spiro atoms. The first kappa shape index (κ1) is 14.7. The number of carboxylic acid groups (broad SMARTS) is 1. The van der Waals surface area contributed by atoms with Crippen LogP contribution in [-0.4, -0.2) is 57.6 Å². The second kappa shape index (κ2) is 6.19. The number of aliphatic hydroxyl groups excluding tert-OH is 3. The van der Waals surface area contributed by atoms with Gasteiger partial charge in [0.05, 0.1) is 18.3 Å². The van der Waals surface area contributed by atoms with Gasteiger partial charge in [0.2, 0.25) is 6.29 Å². The Hall–Kier alpha value is -1.67. The fourth-order valence-corrected chi connectivity index (χ4v) is 1.97. The van der Waals surface area contributed by atoms with Gasteiger partial charge in [-0.15, -0.1) is 0 Å². The molecule has 20 heavy (non-hydrogen) atoms. The van der Waals surface area contributed by atoms with Crippen molar-refractivity contribution >= 4 is 5.97 Å². The zero-order chi connectivity index (χ0) is 14.7. The Morgan fingerprint density at radius 3 is 2.50 bits per heavy atom. The zero-order valence-corrected chi connectivity index (χ0v) is 10.5. The number of rotatable bonds is 4. The van der Waals surface area contributed by atoms with Crippen molar-refractivity contribution < 1.29 is 34.7 Å². The Morgan fingerprint density at radius 2 is 1.95 bits per heavy atom. The second-order valence-electron chi connectivity index (χ2n) is 4.53. The molecule has 7 heteroatoms. The number of benzene rings is 1. The first-order valence-electron chi connectivity index (χ1n) is 6.13. The Morgan fingerprint density at radius 1 is 1.30 bits per heavy atom. The molecular weight excluding hydrogens is 268 g/mol. The summed E-state index contributed by atoms with van der Waals surface area (Å²) in [6.07, 6.45) is -3.89. The third kappa shape index (κ3) is 3.26. The molecule has 1 heterocycles. The van der Waals surface area contributed by atoms with Gasteiger partial charge in [0.15, 0.2) is 0 Å². The molecule has 110 valence electrons. The van der Waals surface area contributed by atoms with Crippen LogP contribution in [0.2, 0.25) is 0 Å². The van der Waals surface area contributed by atoms with Crippen molar-refractivity contribution in [1.82, 2.24) is 0 Å². The SMILES string of the molecule is O=C(O)c1ccc(OC2CC(O)C(O)C(CO)O2)cc1. The largest absolute Gasteiger partial charge is 0.478 e. The molecule has 1 aliphatic heterocycles. The minimum absolute atomic E-state index is 0.0539. The summed E-state index contributed by atoms with van der Waals surface area (Å²) in [5.41, 5.74) is 0.130. The lowest BCUT2D eigenvalue weighted by atomic mass is 10.0. The van der Waals surface area contributed by atoms with Gasteiger partial charge in [0, 0.05) is 6.42 Å². The second-order valence-corrected chi connectivity index (χ2v) is 4.53. The number of carbonyl (C=O) groups is 1. The van der Waals surface area contributed by atoms with E-state index < -0.39 is 37.2 Å². The highest BCUT2D eigenvalue weighted by molar-refractivity contribution is 5.87. The monoisotopic (exact) mass is 284 g/mol. The van der Waals surface area contributed by atoms with E-state index >= 15 is 0 Å². The summed E-state index contributed by atoms with van der Waals surface area (Å²) in [5.74, 6) is -0.662. The molecule has 0 radical (unpaired) electrons. The molecule has 4 atom stereocenters. The maximum Gasteiger partial charge on any atom is 0.335 e. The number of aliphatic hydroxyl groups is 3. The molecule has 1 aromatic rings. The first-order chi connectivity index (χ1) is 9.51. The van der Waals surface area contributed by atoms with Crippen molar-refractivity contribution in [1.29, 1.82) is 0 Å². The summed E-state index contributed by atoms with van der Waals surface area (Å²) < 4.78 is 10.7. The smallest absolute Gasteiger partial charge is 0.335 e. The minimum atomic E-state index is -1.16. The summed E-state index contributed by atoms with van der Waals surface area (Å²) in [6.45, 7) is -0.434. The van der Waals surface area contributed by atoms with Crippen molar-refractivity contribution in [2.75, 3.05) is 6.61 Å². The van der Waals surface area contributed by atoms with Crippen LogP contribution in [0.15, 0.2) is 24.3 Å². The molecule has 1 saturated heterocycles. The van der Waals surface area contributed by atoms with E-state index in [2.05, 4.69) is 0 Å². The molecule has 0 aromatic heterocycles. The van der Waals surface area contributed by atoms with Crippen molar-refractivity contribution in [3.05, 3.63) is 29.8 Å². The quantitative estimate of drug-likeness (QED) is 0.594. The Kier molecular flexibility index (Phi) is 4.56. The summed E-state index contributed by atoms with van der Waals surface area (Å²) in [6, 6.07) is 5.71. The fourth-order valence-electron chi connectivity index (χ4n) is 1.97. The van der Waals surface area contributed by atoms with Crippen LogP contribution >= 0.6 is 0 Å². The van der Waals surface area contributed by atoms with Crippen LogP contribution in [0, 0.1) is 0 Å². The van der Waals surface area contributed by atoms with Crippen LogP contribution in [0.1, 0.15) is 16.8 Å². The lowest BCUT2D eigenvalue weighted by molar-refractivity contribution is -0.229. The highest BCUT2D eigenvalue weighted by atomic mass is 16.7. The van der Waals surface area contributed by atoms with Crippen molar-refractivity contribution in [3.63, 3.8) is 0 Å². The van der Waals surface area contributed by atoms with E-state index in [0.717, 1.165) is 0 Å². The molecule has 7 nitrogen and oxygen atoms in total. The maximum absolute atomic E-state index is 10.7. The minimum Gasteiger partial charge on any atom is -0.478 e. The molecule has 2 rings (SSSR count). The van der Waals surface area contributed by atoms with Gasteiger partial charge in [0.25, 0.3) is 0 Å². The fraction of sp³-hybridized carbons (Fsp3) is 0.462. The van der Waals surface area contributed by atoms with Gasteiger partial charge in [-0.1, -0.05) is 0 Å². The highest BCUT2D eigenvalue weighted by Crippen LogP contribution is 2.23. The van der Waals surface area contributed by atoms with Crippen LogP contribution in [0.4, 0.5) is 0 Å². The van der Waals surface area contributed by atoms with E-state index in [0.29, 0.717) is 5.75 Å². The topological polar surface area (TPSA) is 116 Å². The number of hydrogen-bond donors (Lipinski definition) is 4. The Bertz CT molecular complexity index is 458. The summed E-state index contributed by atoms with van der Waals surface area (Å²) >= 11 is 0. The molecular formula is C13H16O7. The van der Waals surface area contributed by atoms with Gasteiger partial charge in [-0.3, -0.25) is 0 Å². The van der Waals surface area contributed by atoms with Crippen LogP contribution < -0.4 is 4.74 Å². The van der Waals surface area contributed by atoms with Gasteiger partial charge in [-0.05, 0) is 24.3 Å². The van der Waals surface area contributed by atoms with E-state index in [9.17, 15) is 15.0 Å². The van der Waals surface area contributed by atoms with Crippen LogP contribution in [-0.2, 0) is 4.74 Å². The zero-order valence-electron chi connectivity index (χ0n) is 10.5. The van der Waals surface area contributed by atoms with Crippen molar-refractivity contribution in [2.45, 2.75) is 31.0 Å². The first-order valence-corrected chi connectivity index (χ1v) is 6.13. The van der Waals surface area contributed by atoms with E-state index in [1.54, 1.807) is 0 Å². The van der Waals surface area contributed by atoms with Crippen molar-refractivity contribution in [2.24, 2.45) is 0 Å². The van der Waals surface area contributed by atoms with Crippen LogP contribution in [0.5, 0.6) is 5.75 Å². The van der Waals surface area contributed by atoms with Crippen molar-refractivity contribution in [3.8, 4) is 5.75 Å². The average molecular weight is 284 g/mol.